The lowest BCUT2D eigenvalue weighted by Gasteiger charge is -2.29. The molecule has 3 nitrogen and oxygen atoms in total. The molecule has 0 heterocycles. The van der Waals surface area contributed by atoms with Crippen LogP contribution in [-0.4, -0.2) is 23.3 Å². The molecule has 0 saturated heterocycles. The molecule has 4 unspecified atom stereocenters. The summed E-state index contributed by atoms with van der Waals surface area (Å²) in [6.07, 6.45) is 16.6. The molecule has 0 aromatic carbocycles. The number of aliphatic hydroxyl groups excluding tert-OH is 1. The molecule has 2 fully saturated rings. The Balaban J connectivity index is 1.85. The number of hydrogen-bond donors (Lipinski definition) is 1. The van der Waals surface area contributed by atoms with Gasteiger partial charge in [-0.3, -0.25) is 9.59 Å². The van der Waals surface area contributed by atoms with E-state index in [-0.39, 0.29) is 35.7 Å². The van der Waals surface area contributed by atoms with Crippen molar-refractivity contribution in [1.82, 2.24) is 0 Å². The molecule has 2 saturated carbocycles. The minimum atomic E-state index is -0.0538. The van der Waals surface area contributed by atoms with Gasteiger partial charge in [0.25, 0.3) is 0 Å². The predicted molar refractivity (Wildman–Crippen MR) is 129 cm³/mol. The van der Waals surface area contributed by atoms with E-state index in [0.717, 1.165) is 70.6 Å². The lowest BCUT2D eigenvalue weighted by Crippen LogP contribution is -2.29. The van der Waals surface area contributed by atoms with Crippen molar-refractivity contribution in [3.63, 3.8) is 0 Å². The highest BCUT2D eigenvalue weighted by atomic mass is 16.3. The van der Waals surface area contributed by atoms with Crippen molar-refractivity contribution in [1.29, 1.82) is 0 Å². The molecule has 0 aromatic rings. The van der Waals surface area contributed by atoms with Crippen LogP contribution in [0.4, 0.5) is 0 Å². The summed E-state index contributed by atoms with van der Waals surface area (Å²) in [5, 5.41) is 9.44. The van der Waals surface area contributed by atoms with E-state index in [2.05, 4.69) is 46.8 Å². The second-order valence-electron chi connectivity index (χ2n) is 12.3. The average molecular weight is 433 g/mol. The van der Waals surface area contributed by atoms with Gasteiger partial charge in [0.15, 0.2) is 0 Å². The van der Waals surface area contributed by atoms with Crippen LogP contribution in [0.3, 0.4) is 0 Å². The Morgan fingerprint density at radius 1 is 0.774 bits per heavy atom. The first-order chi connectivity index (χ1) is 14.5. The van der Waals surface area contributed by atoms with Crippen LogP contribution in [0.5, 0.6) is 0 Å². The summed E-state index contributed by atoms with van der Waals surface area (Å²) in [5.41, 5.74) is 0.282. The molecule has 178 valence electrons. The molecule has 0 amide bonds. The van der Waals surface area contributed by atoms with E-state index in [1.54, 1.807) is 0 Å². The molecule has 0 aromatic heterocycles. The summed E-state index contributed by atoms with van der Waals surface area (Å²) < 4.78 is 0. The third-order valence-corrected chi connectivity index (χ3v) is 7.56. The fraction of sp³-hybridized carbons (Fsp3) is 0.857. The van der Waals surface area contributed by atoms with E-state index in [1.165, 1.54) is 6.42 Å². The first-order valence-corrected chi connectivity index (χ1v) is 12.9. The van der Waals surface area contributed by atoms with Crippen LogP contribution in [-0.2, 0) is 9.59 Å². The molecule has 0 radical (unpaired) electrons. The summed E-state index contributed by atoms with van der Waals surface area (Å²) in [4.78, 5) is 26.0. The summed E-state index contributed by atoms with van der Waals surface area (Å²) in [7, 11) is 0. The quantitative estimate of drug-likeness (QED) is 0.381. The Hall–Kier alpha value is -0.960. The molecule has 2 rings (SSSR count). The SMILES string of the molecule is CC(C)(C)CCCC1CCCC(C=CC2CCCC(CCCC(C)(C)CO)C2=O)C1=O. The summed E-state index contributed by atoms with van der Waals surface area (Å²) in [5.74, 6) is 1.20. The Labute approximate surface area is 191 Å². The molecule has 2 aliphatic rings. The van der Waals surface area contributed by atoms with Gasteiger partial charge in [0, 0.05) is 30.3 Å². The summed E-state index contributed by atoms with van der Waals surface area (Å²) >= 11 is 0. The van der Waals surface area contributed by atoms with E-state index in [9.17, 15) is 14.7 Å². The number of carbonyl (C=O) groups is 2. The van der Waals surface area contributed by atoms with Crippen molar-refractivity contribution in [3.05, 3.63) is 12.2 Å². The van der Waals surface area contributed by atoms with Crippen LogP contribution >= 0.6 is 0 Å². The molecule has 0 aliphatic heterocycles. The zero-order valence-electron chi connectivity index (χ0n) is 20.9. The van der Waals surface area contributed by atoms with Crippen LogP contribution < -0.4 is 0 Å². The standard InChI is InChI=1S/C28H48O3/c1-27(2,3)18-8-14-21-10-6-12-23(25(21)30)16-17-24-13-7-11-22(26(24)31)15-9-19-28(4,5)20-29/h16-17,21-24,29H,6-15,18-20H2,1-5H3. The minimum Gasteiger partial charge on any atom is -0.396 e. The first-order valence-electron chi connectivity index (χ1n) is 12.9. The van der Waals surface area contributed by atoms with Gasteiger partial charge >= 0.3 is 0 Å². The minimum absolute atomic E-state index is 0.00123. The number of rotatable bonds is 10. The van der Waals surface area contributed by atoms with Gasteiger partial charge in [-0.05, 0) is 62.2 Å². The fourth-order valence-electron chi connectivity index (χ4n) is 5.35. The topological polar surface area (TPSA) is 54.4 Å². The number of ketones is 2. The third kappa shape index (κ3) is 8.83. The van der Waals surface area contributed by atoms with Gasteiger partial charge in [0.05, 0.1) is 0 Å². The second kappa shape index (κ2) is 11.8. The van der Waals surface area contributed by atoms with E-state index in [0.29, 0.717) is 17.0 Å². The van der Waals surface area contributed by atoms with Crippen molar-refractivity contribution in [3.8, 4) is 0 Å². The van der Waals surface area contributed by atoms with Gasteiger partial charge in [0.1, 0.15) is 11.6 Å². The van der Waals surface area contributed by atoms with Gasteiger partial charge in [0.2, 0.25) is 0 Å². The maximum atomic E-state index is 13.0. The Kier molecular flexibility index (Phi) is 9.98. The monoisotopic (exact) mass is 432 g/mol. The van der Waals surface area contributed by atoms with E-state index in [4.69, 9.17) is 0 Å². The molecular formula is C28H48O3. The summed E-state index contributed by atoms with van der Waals surface area (Å²) in [6.45, 7) is 11.2. The van der Waals surface area contributed by atoms with Crippen molar-refractivity contribution in [2.75, 3.05) is 6.61 Å². The van der Waals surface area contributed by atoms with Crippen LogP contribution in [0.25, 0.3) is 0 Å². The van der Waals surface area contributed by atoms with Gasteiger partial charge in [-0.2, -0.15) is 0 Å². The largest absolute Gasteiger partial charge is 0.396 e. The average Bonchev–Trinajstić information content (AvgIpc) is 2.69. The van der Waals surface area contributed by atoms with Crippen LogP contribution in [0, 0.1) is 34.5 Å². The highest BCUT2D eigenvalue weighted by Crippen LogP contribution is 2.35. The Bertz CT molecular complexity index is 610. The molecule has 1 N–H and O–H groups in total. The summed E-state index contributed by atoms with van der Waals surface area (Å²) in [6, 6.07) is 0. The second-order valence-corrected chi connectivity index (χ2v) is 12.3. The van der Waals surface area contributed by atoms with Gasteiger partial charge < -0.3 is 5.11 Å². The number of hydrogen-bond acceptors (Lipinski definition) is 3. The maximum Gasteiger partial charge on any atom is 0.142 e. The zero-order chi connectivity index (χ0) is 23.1. The molecule has 31 heavy (non-hydrogen) atoms. The van der Waals surface area contributed by atoms with Crippen molar-refractivity contribution in [2.45, 2.75) is 112 Å². The zero-order valence-corrected chi connectivity index (χ0v) is 20.9. The molecule has 2 aliphatic carbocycles. The third-order valence-electron chi connectivity index (χ3n) is 7.56. The van der Waals surface area contributed by atoms with Crippen molar-refractivity contribution < 1.29 is 14.7 Å². The smallest absolute Gasteiger partial charge is 0.142 e. The molecule has 3 heteroatoms. The molecular weight excluding hydrogens is 384 g/mol. The van der Waals surface area contributed by atoms with Crippen molar-refractivity contribution in [2.24, 2.45) is 34.5 Å². The van der Waals surface area contributed by atoms with Crippen LogP contribution in [0.2, 0.25) is 0 Å². The highest BCUT2D eigenvalue weighted by molar-refractivity contribution is 5.87. The molecule has 4 atom stereocenters. The number of allylic oxidation sites excluding steroid dienone is 2. The highest BCUT2D eigenvalue weighted by Gasteiger charge is 2.32. The normalized spacial score (nSPS) is 28.5. The number of aliphatic hydroxyl groups is 1. The maximum absolute atomic E-state index is 13.0. The number of Topliss-reactive ketones (excluding diaryl/α,β-unsaturated/α-hetero) is 2. The lowest BCUT2D eigenvalue weighted by molar-refractivity contribution is -0.129. The first kappa shape index (κ1) is 26.3. The van der Waals surface area contributed by atoms with Gasteiger partial charge in [-0.1, -0.05) is 72.5 Å². The van der Waals surface area contributed by atoms with E-state index in [1.807, 2.05) is 0 Å². The Morgan fingerprint density at radius 3 is 1.65 bits per heavy atom. The Morgan fingerprint density at radius 2 is 1.23 bits per heavy atom. The van der Waals surface area contributed by atoms with Crippen molar-refractivity contribution >= 4 is 11.6 Å². The van der Waals surface area contributed by atoms with Crippen LogP contribution in [0.15, 0.2) is 12.2 Å². The van der Waals surface area contributed by atoms with E-state index < -0.39 is 0 Å². The number of carbonyl (C=O) groups excluding carboxylic acids is 2. The predicted octanol–water partition coefficient (Wildman–Crippen LogP) is 6.92. The molecule has 0 bridgehead atoms. The lowest BCUT2D eigenvalue weighted by atomic mass is 9.74. The van der Waals surface area contributed by atoms with Crippen LogP contribution in [0.1, 0.15) is 112 Å². The van der Waals surface area contributed by atoms with Gasteiger partial charge in [-0.25, -0.2) is 0 Å². The van der Waals surface area contributed by atoms with E-state index >= 15 is 0 Å². The fourth-order valence-corrected chi connectivity index (χ4v) is 5.35. The molecule has 0 spiro atoms. The van der Waals surface area contributed by atoms with Gasteiger partial charge in [-0.15, -0.1) is 0 Å².